The molecule has 0 atom stereocenters. The molecule has 0 unspecified atom stereocenters. The maximum absolute atomic E-state index is 12.6. The molecule has 7 nitrogen and oxygen atoms in total. The van der Waals surface area contributed by atoms with Crippen molar-refractivity contribution in [1.29, 1.82) is 0 Å². The van der Waals surface area contributed by atoms with Gasteiger partial charge in [-0.15, -0.1) is 17.9 Å². The van der Waals surface area contributed by atoms with Gasteiger partial charge in [-0.1, -0.05) is 6.08 Å². The number of hydrogen-bond acceptors (Lipinski definition) is 6. The van der Waals surface area contributed by atoms with Gasteiger partial charge in [0.25, 0.3) is 5.91 Å². The van der Waals surface area contributed by atoms with Gasteiger partial charge in [0.05, 0.1) is 30.7 Å². The molecule has 0 aliphatic heterocycles. The quantitative estimate of drug-likeness (QED) is 0.454. The summed E-state index contributed by atoms with van der Waals surface area (Å²) in [5.74, 6) is 1.40. The van der Waals surface area contributed by atoms with Crippen molar-refractivity contribution >= 4 is 17.2 Å². The minimum absolute atomic E-state index is 0.131. The van der Waals surface area contributed by atoms with E-state index in [1.807, 2.05) is 42.6 Å². The van der Waals surface area contributed by atoms with Crippen LogP contribution >= 0.6 is 11.3 Å². The largest absolute Gasteiger partial charge is 0.497 e. The number of ether oxygens (including phenoxy) is 3. The molecule has 2 aromatic heterocycles. The molecule has 0 saturated carbocycles. The van der Waals surface area contributed by atoms with Crippen LogP contribution in [0.1, 0.15) is 21.1 Å². The van der Waals surface area contributed by atoms with Crippen LogP contribution in [-0.2, 0) is 17.9 Å². The van der Waals surface area contributed by atoms with Crippen LogP contribution in [0.25, 0.3) is 11.4 Å². The zero-order chi connectivity index (χ0) is 22.2. The van der Waals surface area contributed by atoms with E-state index in [0.717, 1.165) is 33.6 Å². The third-order valence-corrected chi connectivity index (χ3v) is 5.60. The van der Waals surface area contributed by atoms with Crippen LogP contribution in [-0.4, -0.2) is 42.8 Å². The summed E-state index contributed by atoms with van der Waals surface area (Å²) in [4.78, 5) is 17.3. The smallest absolute Gasteiger partial charge is 0.253 e. The topological polar surface area (TPSA) is 74.6 Å². The number of aromatic nitrogens is 2. The van der Waals surface area contributed by atoms with Gasteiger partial charge in [-0.05, 0) is 37.3 Å². The zero-order valence-corrected chi connectivity index (χ0v) is 18.8. The lowest BCUT2D eigenvalue weighted by Gasteiger charge is -2.10. The molecule has 0 saturated heterocycles. The second-order valence-electron chi connectivity index (χ2n) is 6.76. The fraction of sp³-hybridized carbons (Fsp3) is 0.304. The normalized spacial score (nSPS) is 10.7. The van der Waals surface area contributed by atoms with E-state index in [1.165, 1.54) is 11.3 Å². The summed E-state index contributed by atoms with van der Waals surface area (Å²) in [6, 6.07) is 9.31. The number of carbonyl (C=O) groups excluding carboxylic acids is 1. The second kappa shape index (κ2) is 10.8. The molecule has 0 aliphatic carbocycles. The Morgan fingerprint density at radius 3 is 2.68 bits per heavy atom. The minimum atomic E-state index is -0.131. The first-order valence-corrected chi connectivity index (χ1v) is 10.7. The SMILES string of the molecule is C=CCNC(=O)c1cc(-c2csc(COc3ccc(OC)cc3)n2)n(CCOC)c1C. The van der Waals surface area contributed by atoms with Gasteiger partial charge in [-0.3, -0.25) is 4.79 Å². The summed E-state index contributed by atoms with van der Waals surface area (Å²) < 4.78 is 18.3. The van der Waals surface area contributed by atoms with Gasteiger partial charge >= 0.3 is 0 Å². The van der Waals surface area contributed by atoms with E-state index >= 15 is 0 Å². The summed E-state index contributed by atoms with van der Waals surface area (Å²) in [6.45, 7) is 7.52. The Balaban J connectivity index is 1.79. The third kappa shape index (κ3) is 5.53. The molecule has 0 radical (unpaired) electrons. The number of hydrogen-bond donors (Lipinski definition) is 1. The average Bonchev–Trinajstić information content (AvgIpc) is 3.39. The average molecular weight is 442 g/mol. The summed E-state index contributed by atoms with van der Waals surface area (Å²) in [5.41, 5.74) is 3.18. The molecular formula is C23H27N3O4S. The second-order valence-corrected chi connectivity index (χ2v) is 7.71. The number of methoxy groups -OCH3 is 2. The molecule has 164 valence electrons. The van der Waals surface area contributed by atoms with Gasteiger partial charge in [0, 0.05) is 31.3 Å². The Bertz CT molecular complexity index is 1020. The molecule has 3 rings (SSSR count). The summed E-state index contributed by atoms with van der Waals surface area (Å²) in [7, 11) is 3.29. The fourth-order valence-corrected chi connectivity index (χ4v) is 3.83. The molecule has 31 heavy (non-hydrogen) atoms. The number of nitrogens with one attached hydrogen (secondary N) is 1. The van der Waals surface area contributed by atoms with Crippen LogP contribution in [0.4, 0.5) is 0 Å². The van der Waals surface area contributed by atoms with Gasteiger partial charge in [-0.2, -0.15) is 0 Å². The van der Waals surface area contributed by atoms with Crippen molar-refractivity contribution in [2.45, 2.75) is 20.1 Å². The highest BCUT2D eigenvalue weighted by atomic mass is 32.1. The summed E-state index contributed by atoms with van der Waals surface area (Å²) in [5, 5.41) is 5.67. The Morgan fingerprint density at radius 1 is 1.26 bits per heavy atom. The molecule has 2 heterocycles. The maximum Gasteiger partial charge on any atom is 0.253 e. The van der Waals surface area contributed by atoms with E-state index in [4.69, 9.17) is 19.2 Å². The molecule has 0 fully saturated rings. The van der Waals surface area contributed by atoms with Crippen molar-refractivity contribution in [3.05, 3.63) is 64.6 Å². The number of carbonyl (C=O) groups is 1. The van der Waals surface area contributed by atoms with Crippen molar-refractivity contribution in [3.8, 4) is 22.9 Å². The van der Waals surface area contributed by atoms with Crippen LogP contribution in [0.2, 0.25) is 0 Å². The Kier molecular flexibility index (Phi) is 7.86. The first-order chi connectivity index (χ1) is 15.1. The predicted octanol–water partition coefficient (Wildman–Crippen LogP) is 4.07. The third-order valence-electron chi connectivity index (χ3n) is 4.77. The zero-order valence-electron chi connectivity index (χ0n) is 18.0. The van der Waals surface area contributed by atoms with Crippen molar-refractivity contribution in [2.75, 3.05) is 27.4 Å². The molecule has 3 aromatic rings. The lowest BCUT2D eigenvalue weighted by molar-refractivity contribution is 0.0957. The monoisotopic (exact) mass is 441 g/mol. The molecular weight excluding hydrogens is 414 g/mol. The predicted molar refractivity (Wildman–Crippen MR) is 122 cm³/mol. The van der Waals surface area contributed by atoms with Gasteiger partial charge < -0.3 is 24.1 Å². The molecule has 1 aromatic carbocycles. The van der Waals surface area contributed by atoms with Crippen molar-refractivity contribution in [3.63, 3.8) is 0 Å². The lowest BCUT2D eigenvalue weighted by atomic mass is 10.2. The lowest BCUT2D eigenvalue weighted by Crippen LogP contribution is -2.23. The van der Waals surface area contributed by atoms with Crippen molar-refractivity contribution < 1.29 is 19.0 Å². The molecule has 8 heteroatoms. The number of amides is 1. The van der Waals surface area contributed by atoms with E-state index in [9.17, 15) is 4.79 Å². The van der Waals surface area contributed by atoms with Crippen LogP contribution in [0.5, 0.6) is 11.5 Å². The van der Waals surface area contributed by atoms with Crippen LogP contribution in [0.3, 0.4) is 0 Å². The van der Waals surface area contributed by atoms with Gasteiger partial charge in [0.1, 0.15) is 23.1 Å². The number of nitrogens with zero attached hydrogens (tertiary/aromatic N) is 2. The summed E-state index contributed by atoms with van der Waals surface area (Å²) >= 11 is 1.52. The Labute approximate surface area is 186 Å². The van der Waals surface area contributed by atoms with Crippen LogP contribution in [0.15, 0.2) is 48.4 Å². The van der Waals surface area contributed by atoms with E-state index < -0.39 is 0 Å². The molecule has 0 aliphatic rings. The van der Waals surface area contributed by atoms with Gasteiger partial charge in [-0.25, -0.2) is 4.98 Å². The van der Waals surface area contributed by atoms with Crippen molar-refractivity contribution in [2.24, 2.45) is 0 Å². The first-order valence-electron chi connectivity index (χ1n) is 9.87. The number of thiazole rings is 1. The first kappa shape index (κ1) is 22.6. The van der Waals surface area contributed by atoms with E-state index in [0.29, 0.717) is 31.9 Å². The highest BCUT2D eigenvalue weighted by Crippen LogP contribution is 2.28. The molecule has 0 bridgehead atoms. The fourth-order valence-electron chi connectivity index (χ4n) is 3.13. The Morgan fingerprint density at radius 2 is 2.00 bits per heavy atom. The molecule has 1 amide bonds. The summed E-state index contributed by atoms with van der Waals surface area (Å²) in [6.07, 6.45) is 1.66. The van der Waals surface area contributed by atoms with Crippen LogP contribution in [0, 0.1) is 6.92 Å². The van der Waals surface area contributed by atoms with E-state index in [2.05, 4.69) is 16.5 Å². The van der Waals surface area contributed by atoms with E-state index in [1.54, 1.807) is 20.3 Å². The van der Waals surface area contributed by atoms with Crippen LogP contribution < -0.4 is 14.8 Å². The Hall–Kier alpha value is -3.10. The number of rotatable bonds is 11. The highest BCUT2D eigenvalue weighted by Gasteiger charge is 2.20. The molecule has 1 N–H and O–H groups in total. The van der Waals surface area contributed by atoms with Gasteiger partial charge in [0.2, 0.25) is 0 Å². The van der Waals surface area contributed by atoms with Crippen molar-refractivity contribution in [1.82, 2.24) is 14.9 Å². The number of benzene rings is 1. The maximum atomic E-state index is 12.6. The minimum Gasteiger partial charge on any atom is -0.497 e. The highest BCUT2D eigenvalue weighted by molar-refractivity contribution is 7.09. The van der Waals surface area contributed by atoms with Gasteiger partial charge in [0.15, 0.2) is 0 Å². The van der Waals surface area contributed by atoms with E-state index in [-0.39, 0.29) is 5.91 Å². The molecule has 0 spiro atoms. The standard InChI is InChI=1S/C23H27N3O4S/c1-5-10-24-23(27)19-13-21(26(16(19)2)11-12-28-3)20-15-31-22(25-20)14-30-18-8-6-17(29-4)7-9-18/h5-9,13,15H,1,10-12,14H2,2-4H3,(H,24,27).